The van der Waals surface area contributed by atoms with Crippen LogP contribution in [0.15, 0.2) is 24.4 Å². The highest BCUT2D eigenvalue weighted by molar-refractivity contribution is 5.98. The Morgan fingerprint density at radius 3 is 2.38 bits per heavy atom. The lowest BCUT2D eigenvalue weighted by Gasteiger charge is -2.48. The number of ether oxygens (including phenoxy) is 1. The molecule has 8 nitrogen and oxygen atoms in total. The number of benzene rings is 1. The summed E-state index contributed by atoms with van der Waals surface area (Å²) < 4.78 is 85.0. The minimum Gasteiger partial charge on any atom is -0.481 e. The number of carbonyl (C=O) groups is 2. The summed E-state index contributed by atoms with van der Waals surface area (Å²) >= 11 is 0. The number of halogens is 6. The van der Waals surface area contributed by atoms with E-state index in [1.807, 2.05) is 5.32 Å². The zero-order valence-electron chi connectivity index (χ0n) is 20.7. The molecule has 2 aromatic rings. The van der Waals surface area contributed by atoms with E-state index in [0.717, 1.165) is 0 Å². The van der Waals surface area contributed by atoms with E-state index in [-0.39, 0.29) is 18.2 Å². The van der Waals surface area contributed by atoms with E-state index in [4.69, 9.17) is 4.74 Å². The largest absolute Gasteiger partial charge is 0.481 e. The minimum atomic E-state index is -5.47. The Bertz CT molecular complexity index is 1230. The van der Waals surface area contributed by atoms with Gasteiger partial charge < -0.3 is 20.5 Å². The van der Waals surface area contributed by atoms with Crippen LogP contribution in [0.3, 0.4) is 0 Å². The zero-order chi connectivity index (χ0) is 28.5. The first-order valence-electron chi connectivity index (χ1n) is 12.1. The van der Waals surface area contributed by atoms with Crippen molar-refractivity contribution in [3.05, 3.63) is 58.5 Å². The van der Waals surface area contributed by atoms with Crippen LogP contribution in [0.25, 0.3) is 0 Å². The molecular weight excluding hydrogens is 534 g/mol. The van der Waals surface area contributed by atoms with Gasteiger partial charge in [-0.3, -0.25) is 14.5 Å². The number of carbonyl (C=O) groups excluding carboxylic acids is 2. The second-order valence-corrected chi connectivity index (χ2v) is 9.66. The van der Waals surface area contributed by atoms with Crippen LogP contribution < -0.4 is 15.4 Å². The number of nitrogens with zero attached hydrogens (tertiary/aromatic N) is 2. The minimum absolute atomic E-state index is 0.0608. The van der Waals surface area contributed by atoms with Crippen LogP contribution in [-0.2, 0) is 16.6 Å². The molecule has 0 spiro atoms. The monoisotopic (exact) mass is 560 g/mol. The van der Waals surface area contributed by atoms with Gasteiger partial charge in [-0.05, 0) is 37.8 Å². The molecule has 1 aliphatic carbocycles. The standard InChI is InChI=1S/C25H26F6N4O4/c1-39-19-3-2-13(9-32-19)24(38)6-4-15(5-7-24)35-11-14(12-35)34-18(36)10-33-23(37)16-8-17(26)21(27)22(28)20(16)25(29,30)31/h2-3,8-9,14-15,38H,4-7,10-12H2,1H3,(H,33,37)(H,34,36). The highest BCUT2D eigenvalue weighted by atomic mass is 19.4. The quantitative estimate of drug-likeness (QED) is 0.356. The summed E-state index contributed by atoms with van der Waals surface area (Å²) in [5.41, 5.74) is -4.00. The number of alkyl halides is 3. The predicted octanol–water partition coefficient (Wildman–Crippen LogP) is 2.89. The SMILES string of the molecule is COc1ccc(C2(O)CCC(N3CC(NC(=O)CNC(=O)c4cc(F)c(F)c(F)c4C(F)(F)F)C3)CC2)cn1. The van der Waals surface area contributed by atoms with Gasteiger partial charge in [0.1, 0.15) is 5.56 Å². The van der Waals surface area contributed by atoms with Crippen LogP contribution in [0, 0.1) is 17.5 Å². The zero-order valence-corrected chi connectivity index (χ0v) is 20.7. The molecule has 212 valence electrons. The van der Waals surface area contributed by atoms with Crippen LogP contribution in [-0.4, -0.2) is 65.6 Å². The maximum absolute atomic E-state index is 13.7. The fraction of sp³-hybridized carbons (Fsp3) is 0.480. The Hall–Kier alpha value is -3.39. The van der Waals surface area contributed by atoms with E-state index < -0.39 is 58.7 Å². The van der Waals surface area contributed by atoms with Gasteiger partial charge >= 0.3 is 6.18 Å². The molecule has 1 saturated carbocycles. The molecule has 0 bridgehead atoms. The topological polar surface area (TPSA) is 104 Å². The Morgan fingerprint density at radius 2 is 1.82 bits per heavy atom. The van der Waals surface area contributed by atoms with E-state index in [1.165, 1.54) is 7.11 Å². The lowest BCUT2D eigenvalue weighted by atomic mass is 9.77. The van der Waals surface area contributed by atoms with Crippen molar-refractivity contribution in [3.8, 4) is 5.88 Å². The number of pyridine rings is 1. The first kappa shape index (κ1) is 28.6. The van der Waals surface area contributed by atoms with Gasteiger partial charge in [0.05, 0.1) is 30.9 Å². The Kier molecular flexibility index (Phi) is 8.07. The summed E-state index contributed by atoms with van der Waals surface area (Å²) in [7, 11) is 1.51. The van der Waals surface area contributed by atoms with Crippen molar-refractivity contribution in [2.45, 2.75) is 49.5 Å². The van der Waals surface area contributed by atoms with E-state index in [0.29, 0.717) is 50.2 Å². The Morgan fingerprint density at radius 1 is 1.15 bits per heavy atom. The van der Waals surface area contributed by atoms with Gasteiger partial charge in [-0.15, -0.1) is 0 Å². The summed E-state index contributed by atoms with van der Waals surface area (Å²) in [5, 5.41) is 15.6. The summed E-state index contributed by atoms with van der Waals surface area (Å²) in [5.74, 6) is -8.69. The molecule has 0 unspecified atom stereocenters. The maximum atomic E-state index is 13.7. The second kappa shape index (κ2) is 11.0. The fourth-order valence-corrected chi connectivity index (χ4v) is 5.00. The molecule has 4 rings (SSSR count). The van der Waals surface area contributed by atoms with Crippen LogP contribution >= 0.6 is 0 Å². The average molecular weight is 560 g/mol. The van der Waals surface area contributed by atoms with E-state index in [1.54, 1.807) is 18.3 Å². The number of likely N-dealkylation sites (tertiary alicyclic amines) is 1. The number of methoxy groups -OCH3 is 1. The molecule has 39 heavy (non-hydrogen) atoms. The number of hydrogen-bond donors (Lipinski definition) is 3. The smallest absolute Gasteiger partial charge is 0.420 e. The van der Waals surface area contributed by atoms with Gasteiger partial charge in [0, 0.05) is 37.0 Å². The molecule has 2 aliphatic rings. The second-order valence-electron chi connectivity index (χ2n) is 9.66. The molecular formula is C25H26F6N4O4. The van der Waals surface area contributed by atoms with Crippen LogP contribution in [0.1, 0.15) is 47.2 Å². The van der Waals surface area contributed by atoms with Crippen molar-refractivity contribution < 1.29 is 45.8 Å². The number of rotatable bonds is 7. The molecule has 14 heteroatoms. The van der Waals surface area contributed by atoms with Gasteiger partial charge in [-0.2, -0.15) is 13.2 Å². The number of nitrogens with one attached hydrogen (secondary N) is 2. The number of amides is 2. The summed E-state index contributed by atoms with van der Waals surface area (Å²) in [6, 6.07) is 3.33. The van der Waals surface area contributed by atoms with Crippen molar-refractivity contribution >= 4 is 11.8 Å². The molecule has 1 aromatic heterocycles. The molecule has 3 N–H and O–H groups in total. The lowest BCUT2D eigenvalue weighted by Crippen LogP contribution is -2.63. The maximum Gasteiger partial charge on any atom is 0.420 e. The molecule has 2 amide bonds. The van der Waals surface area contributed by atoms with Gasteiger partial charge in [0.2, 0.25) is 11.8 Å². The number of hydrogen-bond acceptors (Lipinski definition) is 6. The van der Waals surface area contributed by atoms with Crippen molar-refractivity contribution in [1.82, 2.24) is 20.5 Å². The average Bonchev–Trinajstić information content (AvgIpc) is 2.87. The summed E-state index contributed by atoms with van der Waals surface area (Å²) in [6.45, 7) is 0.249. The van der Waals surface area contributed by atoms with Gasteiger partial charge in [0.25, 0.3) is 5.91 Å². The molecule has 2 fully saturated rings. The Balaban J connectivity index is 1.24. The van der Waals surface area contributed by atoms with Crippen molar-refractivity contribution in [2.75, 3.05) is 26.7 Å². The van der Waals surface area contributed by atoms with Crippen molar-refractivity contribution in [2.24, 2.45) is 0 Å². The molecule has 0 radical (unpaired) electrons. The third-order valence-corrected chi connectivity index (χ3v) is 7.16. The highest BCUT2D eigenvalue weighted by Gasteiger charge is 2.42. The van der Waals surface area contributed by atoms with E-state index in [2.05, 4.69) is 15.2 Å². The molecule has 2 heterocycles. The van der Waals surface area contributed by atoms with Gasteiger partial charge in [-0.25, -0.2) is 18.2 Å². The van der Waals surface area contributed by atoms with Gasteiger partial charge in [-0.1, -0.05) is 0 Å². The first-order valence-corrected chi connectivity index (χ1v) is 12.1. The lowest BCUT2D eigenvalue weighted by molar-refractivity contribution is -0.140. The molecule has 1 aromatic carbocycles. The molecule has 1 aliphatic heterocycles. The van der Waals surface area contributed by atoms with Crippen LogP contribution in [0.2, 0.25) is 0 Å². The van der Waals surface area contributed by atoms with Gasteiger partial charge in [0.15, 0.2) is 17.5 Å². The first-order chi connectivity index (χ1) is 18.3. The normalized spacial score (nSPS) is 22.2. The van der Waals surface area contributed by atoms with E-state index in [9.17, 15) is 41.0 Å². The highest BCUT2D eigenvalue weighted by Crippen LogP contribution is 2.40. The number of aliphatic hydroxyl groups is 1. The van der Waals surface area contributed by atoms with Crippen molar-refractivity contribution in [1.29, 1.82) is 0 Å². The summed E-state index contributed by atoms with van der Waals surface area (Å²) in [4.78, 5) is 30.6. The predicted molar refractivity (Wildman–Crippen MR) is 124 cm³/mol. The number of aromatic nitrogens is 1. The molecule has 1 saturated heterocycles. The Labute approximate surface area is 219 Å². The van der Waals surface area contributed by atoms with Crippen LogP contribution in [0.5, 0.6) is 5.88 Å². The molecule has 0 atom stereocenters. The fourth-order valence-electron chi connectivity index (χ4n) is 5.00. The van der Waals surface area contributed by atoms with Crippen molar-refractivity contribution in [3.63, 3.8) is 0 Å². The van der Waals surface area contributed by atoms with E-state index >= 15 is 0 Å². The van der Waals surface area contributed by atoms with Crippen LogP contribution in [0.4, 0.5) is 26.3 Å². The summed E-state index contributed by atoms with van der Waals surface area (Å²) in [6.07, 6.45) is -1.40. The third kappa shape index (κ3) is 6.11. The third-order valence-electron chi connectivity index (χ3n) is 7.16.